The number of carbonyl (C=O) groups excluding carboxylic acids is 1. The highest BCUT2D eigenvalue weighted by molar-refractivity contribution is 9.10. The molecule has 0 spiro atoms. The Labute approximate surface area is 155 Å². The molecule has 0 N–H and O–H groups in total. The van der Waals surface area contributed by atoms with Crippen LogP contribution in [0.25, 0.3) is 0 Å². The van der Waals surface area contributed by atoms with E-state index in [-0.39, 0.29) is 5.91 Å². The third-order valence-corrected chi connectivity index (χ3v) is 5.29. The Bertz CT molecular complexity index is 774. The molecule has 130 valence electrons. The number of rotatable bonds is 5. The molecular formula is C20H20BrNO3. The van der Waals surface area contributed by atoms with E-state index in [1.165, 1.54) is 5.56 Å². The second kappa shape index (κ2) is 7.08. The fraction of sp³-hybridized carbons (Fsp3) is 0.350. The van der Waals surface area contributed by atoms with Gasteiger partial charge in [-0.2, -0.15) is 0 Å². The highest BCUT2D eigenvalue weighted by Gasteiger charge is 2.32. The minimum absolute atomic E-state index is 0.156. The zero-order chi connectivity index (χ0) is 17.2. The monoisotopic (exact) mass is 401 g/mol. The normalized spacial score (nSPS) is 15.7. The van der Waals surface area contributed by atoms with Gasteiger partial charge in [0.15, 0.2) is 11.5 Å². The lowest BCUT2D eigenvalue weighted by molar-refractivity contribution is -0.131. The Morgan fingerprint density at radius 3 is 2.44 bits per heavy atom. The van der Waals surface area contributed by atoms with Gasteiger partial charge in [-0.3, -0.25) is 4.79 Å². The average molecular weight is 402 g/mol. The minimum atomic E-state index is 0.156. The first kappa shape index (κ1) is 16.5. The van der Waals surface area contributed by atoms with E-state index in [9.17, 15) is 4.79 Å². The Balaban J connectivity index is 1.51. The third-order valence-electron chi connectivity index (χ3n) is 4.56. The van der Waals surface area contributed by atoms with Crippen LogP contribution >= 0.6 is 15.9 Å². The molecule has 2 aromatic carbocycles. The first-order valence-electron chi connectivity index (χ1n) is 8.62. The van der Waals surface area contributed by atoms with Crippen molar-refractivity contribution in [2.45, 2.75) is 31.8 Å². The largest absolute Gasteiger partial charge is 0.486 e. The third kappa shape index (κ3) is 3.82. The molecule has 25 heavy (non-hydrogen) atoms. The van der Waals surface area contributed by atoms with Gasteiger partial charge in [0.1, 0.15) is 13.2 Å². The van der Waals surface area contributed by atoms with Crippen LogP contribution in [0.3, 0.4) is 0 Å². The number of carbonyl (C=O) groups is 1. The van der Waals surface area contributed by atoms with Crippen molar-refractivity contribution in [2.24, 2.45) is 0 Å². The van der Waals surface area contributed by atoms with Gasteiger partial charge >= 0.3 is 0 Å². The average Bonchev–Trinajstić information content (AvgIpc) is 3.46. The van der Waals surface area contributed by atoms with Gasteiger partial charge < -0.3 is 14.4 Å². The summed E-state index contributed by atoms with van der Waals surface area (Å²) in [7, 11) is 0. The molecular weight excluding hydrogens is 382 g/mol. The Kier molecular flexibility index (Phi) is 4.66. The lowest BCUT2D eigenvalue weighted by Gasteiger charge is -2.24. The van der Waals surface area contributed by atoms with Crippen LogP contribution in [0.15, 0.2) is 46.9 Å². The van der Waals surface area contributed by atoms with E-state index >= 15 is 0 Å². The molecule has 5 heteroatoms. The summed E-state index contributed by atoms with van der Waals surface area (Å²) < 4.78 is 12.1. The van der Waals surface area contributed by atoms with E-state index in [1.54, 1.807) is 0 Å². The molecule has 0 saturated heterocycles. The standard InChI is InChI=1S/C20H20BrNO3/c21-17-12-19-18(24-8-9-25-19)10-15(17)11-20(23)22(16-6-7-16)13-14-4-2-1-3-5-14/h1-5,10,12,16H,6-9,11,13H2. The minimum Gasteiger partial charge on any atom is -0.486 e. The van der Waals surface area contributed by atoms with Crippen LogP contribution in [0, 0.1) is 0 Å². The van der Waals surface area contributed by atoms with Crippen molar-refractivity contribution >= 4 is 21.8 Å². The molecule has 1 amide bonds. The fourth-order valence-corrected chi connectivity index (χ4v) is 3.56. The summed E-state index contributed by atoms with van der Waals surface area (Å²) in [5.41, 5.74) is 2.11. The zero-order valence-corrected chi connectivity index (χ0v) is 15.5. The summed E-state index contributed by atoms with van der Waals surface area (Å²) in [5, 5.41) is 0. The lowest BCUT2D eigenvalue weighted by Crippen LogP contribution is -2.33. The second-order valence-corrected chi connectivity index (χ2v) is 7.36. The van der Waals surface area contributed by atoms with Crippen molar-refractivity contribution in [3.8, 4) is 11.5 Å². The molecule has 0 aromatic heterocycles. The van der Waals surface area contributed by atoms with Crippen molar-refractivity contribution in [2.75, 3.05) is 13.2 Å². The summed E-state index contributed by atoms with van der Waals surface area (Å²) in [4.78, 5) is 15.0. The predicted octanol–water partition coefficient (Wildman–Crippen LogP) is 3.95. The highest BCUT2D eigenvalue weighted by atomic mass is 79.9. The quantitative estimate of drug-likeness (QED) is 0.760. The molecule has 1 aliphatic heterocycles. The Morgan fingerprint density at radius 2 is 1.76 bits per heavy atom. The van der Waals surface area contributed by atoms with Crippen molar-refractivity contribution in [1.29, 1.82) is 0 Å². The van der Waals surface area contributed by atoms with Gasteiger partial charge in [-0.25, -0.2) is 0 Å². The van der Waals surface area contributed by atoms with Gasteiger partial charge in [-0.05, 0) is 36.1 Å². The van der Waals surface area contributed by atoms with Gasteiger partial charge in [-0.1, -0.05) is 46.3 Å². The predicted molar refractivity (Wildman–Crippen MR) is 98.9 cm³/mol. The second-order valence-electron chi connectivity index (χ2n) is 6.50. The number of fused-ring (bicyclic) bond motifs is 1. The summed E-state index contributed by atoms with van der Waals surface area (Å²) in [6, 6.07) is 14.4. The van der Waals surface area contributed by atoms with Crippen LogP contribution in [0.2, 0.25) is 0 Å². The van der Waals surface area contributed by atoms with Crippen LogP contribution in [-0.2, 0) is 17.8 Å². The zero-order valence-electron chi connectivity index (χ0n) is 13.9. The Hall–Kier alpha value is -2.01. The number of amides is 1. The maximum atomic E-state index is 13.0. The summed E-state index contributed by atoms with van der Waals surface area (Å²) in [6.07, 6.45) is 2.56. The smallest absolute Gasteiger partial charge is 0.227 e. The molecule has 0 unspecified atom stereocenters. The number of nitrogens with zero attached hydrogens (tertiary/aromatic N) is 1. The molecule has 0 atom stereocenters. The SMILES string of the molecule is O=C(Cc1cc2c(cc1Br)OCCO2)N(Cc1ccccc1)C1CC1. The van der Waals surface area contributed by atoms with Crippen molar-refractivity contribution in [1.82, 2.24) is 4.90 Å². The maximum Gasteiger partial charge on any atom is 0.227 e. The van der Waals surface area contributed by atoms with Gasteiger partial charge in [0, 0.05) is 17.1 Å². The van der Waals surface area contributed by atoms with E-state index < -0.39 is 0 Å². The lowest BCUT2D eigenvalue weighted by atomic mass is 10.1. The maximum absolute atomic E-state index is 13.0. The van der Waals surface area contributed by atoms with E-state index in [2.05, 4.69) is 28.1 Å². The van der Waals surface area contributed by atoms with Crippen LogP contribution in [0.1, 0.15) is 24.0 Å². The van der Waals surface area contributed by atoms with E-state index in [0.29, 0.717) is 32.2 Å². The van der Waals surface area contributed by atoms with Gasteiger partial charge in [0.05, 0.1) is 6.42 Å². The molecule has 4 rings (SSSR count). The van der Waals surface area contributed by atoms with Crippen LogP contribution in [-0.4, -0.2) is 30.1 Å². The molecule has 1 aliphatic carbocycles. The molecule has 1 saturated carbocycles. The molecule has 1 fully saturated rings. The number of benzene rings is 2. The molecule has 0 radical (unpaired) electrons. The van der Waals surface area contributed by atoms with E-state index in [1.807, 2.05) is 35.2 Å². The van der Waals surface area contributed by atoms with Crippen LogP contribution < -0.4 is 9.47 Å². The molecule has 0 bridgehead atoms. The van der Waals surface area contributed by atoms with Gasteiger partial charge in [-0.15, -0.1) is 0 Å². The molecule has 2 aromatic rings. The molecule has 1 heterocycles. The number of halogens is 1. The Morgan fingerprint density at radius 1 is 1.08 bits per heavy atom. The fourth-order valence-electron chi connectivity index (χ4n) is 3.09. The van der Waals surface area contributed by atoms with E-state index in [0.717, 1.165) is 34.4 Å². The summed E-state index contributed by atoms with van der Waals surface area (Å²) >= 11 is 3.57. The first-order valence-corrected chi connectivity index (χ1v) is 9.41. The van der Waals surface area contributed by atoms with Crippen molar-refractivity contribution in [3.05, 3.63) is 58.1 Å². The molecule has 4 nitrogen and oxygen atoms in total. The summed E-state index contributed by atoms with van der Waals surface area (Å²) in [6.45, 7) is 1.78. The number of ether oxygens (including phenoxy) is 2. The van der Waals surface area contributed by atoms with Crippen molar-refractivity contribution in [3.63, 3.8) is 0 Å². The number of hydrogen-bond donors (Lipinski definition) is 0. The van der Waals surface area contributed by atoms with Crippen LogP contribution in [0.5, 0.6) is 11.5 Å². The number of hydrogen-bond acceptors (Lipinski definition) is 3. The molecule has 2 aliphatic rings. The summed E-state index contributed by atoms with van der Waals surface area (Å²) in [5.74, 6) is 1.61. The van der Waals surface area contributed by atoms with Crippen molar-refractivity contribution < 1.29 is 14.3 Å². The van der Waals surface area contributed by atoms with E-state index in [4.69, 9.17) is 9.47 Å². The highest BCUT2D eigenvalue weighted by Crippen LogP contribution is 2.36. The van der Waals surface area contributed by atoms with Gasteiger partial charge in [0.2, 0.25) is 5.91 Å². The first-order chi connectivity index (χ1) is 12.2. The van der Waals surface area contributed by atoms with Gasteiger partial charge in [0.25, 0.3) is 0 Å². The van der Waals surface area contributed by atoms with Crippen LogP contribution in [0.4, 0.5) is 0 Å². The topological polar surface area (TPSA) is 38.8 Å².